The molecule has 0 aliphatic carbocycles. The van der Waals surface area contributed by atoms with E-state index in [2.05, 4.69) is 75.6 Å². The average Bonchev–Trinajstić information content (AvgIpc) is 3.41. The topological polar surface area (TPSA) is 77.8 Å². The highest BCUT2D eigenvalue weighted by molar-refractivity contribution is 7.41. The number of benzene rings is 4. The molecule has 0 saturated heterocycles. The Kier molecular flexibility index (Phi) is 11.3. The van der Waals surface area contributed by atoms with Crippen molar-refractivity contribution in [3.05, 3.63) is 121 Å². The molecule has 1 aromatic heterocycles. The highest BCUT2D eigenvalue weighted by atomic mass is 31.1. The molecule has 9 heteroatoms. The SMILES string of the molecule is CO[P+](=O)C(C(=O)O)C(CCCc1c(-c2ccc(F)cc2)c2ccccc2n1C(C)C)O[Si](c1ccccc1)(c1ccccc1)C(C)(C)C. The summed E-state index contributed by atoms with van der Waals surface area (Å²) < 4.78 is 42.4. The van der Waals surface area contributed by atoms with E-state index in [1.807, 2.05) is 60.7 Å². The van der Waals surface area contributed by atoms with Crippen molar-refractivity contribution in [2.24, 2.45) is 0 Å². The number of hydrogen-bond donors (Lipinski definition) is 1. The van der Waals surface area contributed by atoms with Crippen LogP contribution < -0.4 is 10.4 Å². The molecule has 0 aliphatic rings. The molecule has 0 radical (unpaired) electrons. The zero-order valence-corrected chi connectivity index (χ0v) is 31.0. The number of hydrogen-bond acceptors (Lipinski definition) is 4. The summed E-state index contributed by atoms with van der Waals surface area (Å²) in [6, 6.07) is 35.0. The van der Waals surface area contributed by atoms with Gasteiger partial charge < -0.3 is 14.1 Å². The summed E-state index contributed by atoms with van der Waals surface area (Å²) in [5, 5.41) is 13.2. The van der Waals surface area contributed by atoms with Gasteiger partial charge in [-0.3, -0.25) is 0 Å². The quantitative estimate of drug-likeness (QED) is 0.0925. The van der Waals surface area contributed by atoms with Crippen LogP contribution in [0.25, 0.3) is 22.0 Å². The van der Waals surface area contributed by atoms with Crippen LogP contribution in [-0.4, -0.2) is 42.8 Å². The van der Waals surface area contributed by atoms with E-state index in [1.165, 1.54) is 19.2 Å². The lowest BCUT2D eigenvalue weighted by Gasteiger charge is -2.45. The fourth-order valence-electron chi connectivity index (χ4n) is 7.26. The van der Waals surface area contributed by atoms with Gasteiger partial charge in [-0.2, -0.15) is 0 Å². The van der Waals surface area contributed by atoms with Crippen LogP contribution in [0, 0.1) is 5.82 Å². The minimum atomic E-state index is -3.22. The molecule has 3 unspecified atom stereocenters. The maximum absolute atomic E-state index is 14.0. The number of aromatic nitrogens is 1. The number of para-hydroxylation sites is 1. The standard InChI is InChI=1S/C40H45FNO5PSi/c1-28(2)42-34-21-14-13-20-33(34)37(29-24-26-30(41)27-25-29)35(42)22-15-23-36(38(39(43)44)48(45)46-6)47-49(40(3,4)5,31-16-9-7-10-17-31)32-18-11-8-12-19-32/h7-14,16-21,24-28,36,38H,15,22-23H2,1-6H3/p+1. The number of carbonyl (C=O) groups is 1. The summed E-state index contributed by atoms with van der Waals surface area (Å²) in [7, 11) is -4.53. The molecular formula is C40H46FNO5PSi+. The summed E-state index contributed by atoms with van der Waals surface area (Å²) in [5.41, 5.74) is 2.73. The smallest absolute Gasteiger partial charge is 0.478 e. The summed E-state index contributed by atoms with van der Waals surface area (Å²) in [5.74, 6) is -1.51. The molecule has 1 N–H and O–H groups in total. The molecule has 0 saturated carbocycles. The van der Waals surface area contributed by atoms with Gasteiger partial charge in [0.15, 0.2) is 0 Å². The number of carboxylic acid groups (broad SMARTS) is 1. The maximum atomic E-state index is 14.0. The van der Waals surface area contributed by atoms with E-state index in [1.54, 1.807) is 0 Å². The summed E-state index contributed by atoms with van der Waals surface area (Å²) in [6.45, 7) is 10.7. The Morgan fingerprint density at radius 1 is 0.878 bits per heavy atom. The average molecular weight is 699 g/mol. The lowest BCUT2D eigenvalue weighted by molar-refractivity contribution is -0.138. The van der Waals surface area contributed by atoms with Crippen molar-refractivity contribution in [3.63, 3.8) is 0 Å². The van der Waals surface area contributed by atoms with Crippen LogP contribution in [0.2, 0.25) is 5.04 Å². The van der Waals surface area contributed by atoms with E-state index < -0.39 is 39.1 Å². The Labute approximate surface area is 290 Å². The van der Waals surface area contributed by atoms with Crippen molar-refractivity contribution >= 4 is 43.6 Å². The number of fused-ring (bicyclic) bond motifs is 1. The van der Waals surface area contributed by atoms with Gasteiger partial charge in [0.05, 0.1) is 7.11 Å². The molecule has 4 aromatic carbocycles. The highest BCUT2D eigenvalue weighted by Gasteiger charge is 2.56. The Bertz CT molecular complexity index is 1850. The summed E-state index contributed by atoms with van der Waals surface area (Å²) in [6.07, 6.45) is 0.556. The molecule has 3 atom stereocenters. The molecule has 6 nitrogen and oxygen atoms in total. The molecule has 5 rings (SSSR count). The lowest BCUT2D eigenvalue weighted by atomic mass is 9.98. The molecule has 256 valence electrons. The molecule has 1 heterocycles. The summed E-state index contributed by atoms with van der Waals surface area (Å²) >= 11 is 0. The van der Waals surface area contributed by atoms with Crippen LogP contribution >= 0.6 is 8.03 Å². The molecule has 0 bridgehead atoms. The van der Waals surface area contributed by atoms with Crippen LogP contribution in [0.1, 0.15) is 59.2 Å². The van der Waals surface area contributed by atoms with Gasteiger partial charge in [-0.15, -0.1) is 4.52 Å². The maximum Gasteiger partial charge on any atom is 0.525 e. The van der Waals surface area contributed by atoms with Gasteiger partial charge in [-0.1, -0.05) is 112 Å². The Hall–Kier alpha value is -3.94. The van der Waals surface area contributed by atoms with Gasteiger partial charge in [0.1, 0.15) is 11.9 Å². The highest BCUT2D eigenvalue weighted by Crippen LogP contribution is 2.43. The zero-order valence-electron chi connectivity index (χ0n) is 29.1. The molecule has 0 fully saturated rings. The Morgan fingerprint density at radius 2 is 1.43 bits per heavy atom. The van der Waals surface area contributed by atoms with Crippen LogP contribution in [0.5, 0.6) is 0 Å². The lowest BCUT2D eigenvalue weighted by Crippen LogP contribution is -2.68. The van der Waals surface area contributed by atoms with Crippen LogP contribution in [0.4, 0.5) is 4.39 Å². The van der Waals surface area contributed by atoms with Gasteiger partial charge in [0.25, 0.3) is 8.32 Å². The number of aliphatic carboxylic acids is 1. The van der Waals surface area contributed by atoms with Gasteiger partial charge in [-0.25, -0.2) is 9.18 Å². The fraction of sp³-hybridized carbons (Fsp3) is 0.325. The monoisotopic (exact) mass is 698 g/mol. The van der Waals surface area contributed by atoms with Crippen molar-refractivity contribution < 1.29 is 27.8 Å². The largest absolute Gasteiger partial charge is 0.525 e. The van der Waals surface area contributed by atoms with Gasteiger partial charge >= 0.3 is 19.7 Å². The van der Waals surface area contributed by atoms with Crippen molar-refractivity contribution in [1.82, 2.24) is 4.57 Å². The predicted molar refractivity (Wildman–Crippen MR) is 199 cm³/mol. The third-order valence-electron chi connectivity index (χ3n) is 9.32. The fourth-order valence-corrected chi connectivity index (χ4v) is 13.0. The van der Waals surface area contributed by atoms with Gasteiger partial charge in [0, 0.05) is 28.2 Å². The van der Waals surface area contributed by atoms with E-state index in [9.17, 15) is 18.9 Å². The van der Waals surface area contributed by atoms with E-state index in [-0.39, 0.29) is 11.9 Å². The molecule has 0 spiro atoms. The molecule has 49 heavy (non-hydrogen) atoms. The first kappa shape index (κ1) is 36.3. The third-order valence-corrected chi connectivity index (χ3v) is 15.8. The van der Waals surface area contributed by atoms with Crippen LogP contribution in [-0.2, 0) is 24.7 Å². The normalized spacial score (nSPS) is 13.8. The molecule has 0 amide bonds. The first-order chi connectivity index (χ1) is 23.4. The van der Waals surface area contributed by atoms with E-state index in [0.29, 0.717) is 19.3 Å². The second-order valence-electron chi connectivity index (χ2n) is 13.8. The van der Waals surface area contributed by atoms with Crippen molar-refractivity contribution in [2.45, 2.75) is 76.7 Å². The van der Waals surface area contributed by atoms with Crippen molar-refractivity contribution in [3.8, 4) is 11.1 Å². The van der Waals surface area contributed by atoms with Crippen molar-refractivity contribution in [2.75, 3.05) is 7.11 Å². The second-order valence-corrected chi connectivity index (χ2v) is 19.5. The molecule has 5 aromatic rings. The molecular weight excluding hydrogens is 652 g/mol. The molecule has 0 aliphatic heterocycles. The summed E-state index contributed by atoms with van der Waals surface area (Å²) in [4.78, 5) is 12.9. The zero-order chi connectivity index (χ0) is 35.3. The van der Waals surface area contributed by atoms with E-state index in [4.69, 9.17) is 8.95 Å². The van der Waals surface area contributed by atoms with E-state index in [0.717, 1.165) is 38.1 Å². The minimum Gasteiger partial charge on any atom is -0.478 e. The third kappa shape index (κ3) is 7.34. The number of nitrogens with zero attached hydrogens (tertiary/aromatic N) is 1. The number of halogens is 1. The van der Waals surface area contributed by atoms with Gasteiger partial charge in [0.2, 0.25) is 0 Å². The first-order valence-corrected chi connectivity index (χ1v) is 20.0. The van der Waals surface area contributed by atoms with Crippen LogP contribution in [0.3, 0.4) is 0 Å². The number of rotatable bonds is 14. The van der Waals surface area contributed by atoms with E-state index >= 15 is 0 Å². The Balaban J connectivity index is 1.62. The second kappa shape index (κ2) is 15.3. The predicted octanol–water partition coefficient (Wildman–Crippen LogP) is 9.14. The first-order valence-electron chi connectivity index (χ1n) is 16.8. The minimum absolute atomic E-state index is 0.132. The van der Waals surface area contributed by atoms with Crippen molar-refractivity contribution in [1.29, 1.82) is 0 Å². The van der Waals surface area contributed by atoms with Crippen LogP contribution in [0.15, 0.2) is 109 Å². The van der Waals surface area contributed by atoms with Gasteiger partial charge in [-0.05, 0) is 76.8 Å². The Morgan fingerprint density at radius 3 is 1.94 bits per heavy atom. The number of carboxylic acids is 1.